The van der Waals surface area contributed by atoms with Crippen molar-refractivity contribution in [3.05, 3.63) is 53.3 Å². The summed E-state index contributed by atoms with van der Waals surface area (Å²) in [6.07, 6.45) is 0. The van der Waals surface area contributed by atoms with Crippen molar-refractivity contribution in [2.45, 2.75) is 0 Å². The Morgan fingerprint density at radius 3 is 2.50 bits per heavy atom. The number of rotatable bonds is 2. The number of hydrogen-bond acceptors (Lipinski definition) is 4. The molecule has 0 radical (unpaired) electrons. The van der Waals surface area contributed by atoms with E-state index in [1.54, 1.807) is 18.2 Å². The summed E-state index contributed by atoms with van der Waals surface area (Å²) in [5, 5.41) is 0. The number of carbonyl (C=O) groups excluding carboxylic acids is 1. The summed E-state index contributed by atoms with van der Waals surface area (Å²) >= 11 is 0. The van der Waals surface area contributed by atoms with E-state index in [4.69, 9.17) is 15.2 Å². The normalized spacial score (nSPS) is 13.1. The Hall–Kier alpha value is -2.56. The van der Waals surface area contributed by atoms with Gasteiger partial charge in [0.05, 0.1) is 0 Å². The number of ether oxygens (including phenoxy) is 2. The Bertz CT molecular complexity index is 665. The summed E-state index contributed by atoms with van der Waals surface area (Å²) in [5.74, 6) is 0.275. The lowest BCUT2D eigenvalue weighted by Gasteiger charge is -2.18. The first-order valence-electron chi connectivity index (χ1n) is 6.14. The van der Waals surface area contributed by atoms with Crippen molar-refractivity contribution in [3.63, 3.8) is 0 Å². The van der Waals surface area contributed by atoms with Crippen LogP contribution >= 0.6 is 0 Å². The molecule has 102 valence electrons. The fraction of sp³-hybridized carbons (Fsp3) is 0.133. The van der Waals surface area contributed by atoms with Gasteiger partial charge < -0.3 is 15.2 Å². The van der Waals surface area contributed by atoms with Gasteiger partial charge in [0, 0.05) is 16.8 Å². The van der Waals surface area contributed by atoms with Gasteiger partial charge in [0.2, 0.25) is 0 Å². The summed E-state index contributed by atoms with van der Waals surface area (Å²) in [5.41, 5.74) is 6.37. The third-order valence-electron chi connectivity index (χ3n) is 2.99. The molecule has 1 aliphatic rings. The lowest BCUT2D eigenvalue weighted by atomic mass is 10.0. The van der Waals surface area contributed by atoms with Crippen molar-refractivity contribution in [3.8, 4) is 11.5 Å². The van der Waals surface area contributed by atoms with Gasteiger partial charge in [-0.1, -0.05) is 0 Å². The second kappa shape index (κ2) is 4.85. The second-order valence-corrected chi connectivity index (χ2v) is 4.46. The SMILES string of the molecule is Nc1cc(F)cc(C(=O)c2ccc3c(c2)OCCO3)c1. The summed E-state index contributed by atoms with van der Waals surface area (Å²) in [6.45, 7) is 0.929. The standard InChI is InChI=1S/C15H12FNO3/c16-11-5-10(6-12(17)8-11)15(18)9-1-2-13-14(7-9)20-4-3-19-13/h1-2,5-8H,3-4,17H2. The fourth-order valence-corrected chi connectivity index (χ4v) is 2.09. The van der Waals surface area contributed by atoms with Crippen molar-refractivity contribution < 1.29 is 18.7 Å². The zero-order valence-electron chi connectivity index (χ0n) is 10.6. The van der Waals surface area contributed by atoms with Crippen LogP contribution in [0.1, 0.15) is 15.9 Å². The molecule has 0 atom stereocenters. The van der Waals surface area contributed by atoms with E-state index in [0.29, 0.717) is 30.3 Å². The van der Waals surface area contributed by atoms with E-state index in [1.807, 2.05) is 0 Å². The molecule has 0 aliphatic carbocycles. The van der Waals surface area contributed by atoms with Crippen LogP contribution in [0.25, 0.3) is 0 Å². The third kappa shape index (κ3) is 2.30. The largest absolute Gasteiger partial charge is 0.486 e. The average Bonchev–Trinajstić information content (AvgIpc) is 2.45. The smallest absolute Gasteiger partial charge is 0.193 e. The summed E-state index contributed by atoms with van der Waals surface area (Å²) in [6, 6.07) is 8.66. The van der Waals surface area contributed by atoms with Gasteiger partial charge >= 0.3 is 0 Å². The van der Waals surface area contributed by atoms with Gasteiger partial charge in [0.25, 0.3) is 0 Å². The molecule has 0 aromatic heterocycles. The van der Waals surface area contributed by atoms with Crippen LogP contribution in [0.4, 0.5) is 10.1 Å². The van der Waals surface area contributed by atoms with Crippen molar-refractivity contribution in [1.82, 2.24) is 0 Å². The predicted octanol–water partition coefficient (Wildman–Crippen LogP) is 2.41. The van der Waals surface area contributed by atoms with E-state index in [1.165, 1.54) is 12.1 Å². The number of carbonyl (C=O) groups is 1. The van der Waals surface area contributed by atoms with Gasteiger partial charge in [-0.2, -0.15) is 0 Å². The highest BCUT2D eigenvalue weighted by Crippen LogP contribution is 2.31. The van der Waals surface area contributed by atoms with Crippen LogP contribution < -0.4 is 15.2 Å². The molecule has 0 saturated heterocycles. The van der Waals surface area contributed by atoms with Crippen molar-refractivity contribution in [2.75, 3.05) is 18.9 Å². The van der Waals surface area contributed by atoms with Crippen molar-refractivity contribution in [2.24, 2.45) is 0 Å². The highest BCUT2D eigenvalue weighted by molar-refractivity contribution is 6.09. The molecule has 0 spiro atoms. The van der Waals surface area contributed by atoms with E-state index in [0.717, 1.165) is 6.07 Å². The fourth-order valence-electron chi connectivity index (χ4n) is 2.09. The number of benzene rings is 2. The minimum Gasteiger partial charge on any atom is -0.486 e. The quantitative estimate of drug-likeness (QED) is 0.674. The Morgan fingerprint density at radius 2 is 1.75 bits per heavy atom. The lowest BCUT2D eigenvalue weighted by Crippen LogP contribution is -2.16. The molecule has 3 rings (SSSR count). The number of hydrogen-bond donors (Lipinski definition) is 1. The molecular weight excluding hydrogens is 261 g/mol. The van der Waals surface area contributed by atoms with E-state index in [2.05, 4.69) is 0 Å². The minimum absolute atomic E-state index is 0.208. The Kier molecular flexibility index (Phi) is 3.02. The first kappa shape index (κ1) is 12.5. The number of halogens is 1. The van der Waals surface area contributed by atoms with Crippen molar-refractivity contribution in [1.29, 1.82) is 0 Å². The number of ketones is 1. The maximum absolute atomic E-state index is 13.3. The molecule has 2 aromatic rings. The molecule has 0 amide bonds. The monoisotopic (exact) mass is 273 g/mol. The number of fused-ring (bicyclic) bond motifs is 1. The van der Waals surface area contributed by atoms with Crippen LogP contribution in [0.3, 0.4) is 0 Å². The molecule has 2 aromatic carbocycles. The molecule has 0 fully saturated rings. The zero-order chi connectivity index (χ0) is 14.1. The highest BCUT2D eigenvalue weighted by Gasteiger charge is 2.16. The van der Waals surface area contributed by atoms with E-state index in [9.17, 15) is 9.18 Å². The van der Waals surface area contributed by atoms with Crippen LogP contribution in [0.5, 0.6) is 11.5 Å². The number of nitrogen functional groups attached to an aromatic ring is 1. The molecule has 1 aliphatic heterocycles. The molecule has 2 N–H and O–H groups in total. The number of nitrogens with two attached hydrogens (primary N) is 1. The van der Waals surface area contributed by atoms with Crippen LogP contribution in [0.2, 0.25) is 0 Å². The predicted molar refractivity (Wildman–Crippen MR) is 71.7 cm³/mol. The molecule has 20 heavy (non-hydrogen) atoms. The number of anilines is 1. The molecular formula is C15H12FNO3. The topological polar surface area (TPSA) is 61.6 Å². The highest BCUT2D eigenvalue weighted by atomic mass is 19.1. The first-order chi connectivity index (χ1) is 9.63. The van der Waals surface area contributed by atoms with Crippen LogP contribution in [-0.2, 0) is 0 Å². The molecule has 5 heteroatoms. The van der Waals surface area contributed by atoms with Gasteiger partial charge in [0.1, 0.15) is 19.0 Å². The Labute approximate surface area is 114 Å². The van der Waals surface area contributed by atoms with Gasteiger partial charge in [-0.3, -0.25) is 4.79 Å². The van der Waals surface area contributed by atoms with Crippen LogP contribution in [0, 0.1) is 5.82 Å². The van der Waals surface area contributed by atoms with E-state index in [-0.39, 0.29) is 17.0 Å². The molecule has 4 nitrogen and oxygen atoms in total. The Balaban J connectivity index is 1.97. The van der Waals surface area contributed by atoms with Crippen LogP contribution in [0.15, 0.2) is 36.4 Å². The minimum atomic E-state index is -0.536. The van der Waals surface area contributed by atoms with Crippen LogP contribution in [-0.4, -0.2) is 19.0 Å². The third-order valence-corrected chi connectivity index (χ3v) is 2.99. The first-order valence-corrected chi connectivity index (χ1v) is 6.14. The molecule has 0 bridgehead atoms. The maximum atomic E-state index is 13.3. The average molecular weight is 273 g/mol. The lowest BCUT2D eigenvalue weighted by molar-refractivity contribution is 0.103. The molecule has 1 heterocycles. The van der Waals surface area contributed by atoms with Crippen molar-refractivity contribution >= 4 is 11.5 Å². The molecule has 0 unspecified atom stereocenters. The second-order valence-electron chi connectivity index (χ2n) is 4.46. The summed E-state index contributed by atoms with van der Waals surface area (Å²) < 4.78 is 24.1. The van der Waals surface area contributed by atoms with Gasteiger partial charge in [-0.05, 0) is 36.4 Å². The molecule has 0 saturated carbocycles. The van der Waals surface area contributed by atoms with Gasteiger partial charge in [0.15, 0.2) is 17.3 Å². The van der Waals surface area contributed by atoms with E-state index < -0.39 is 5.82 Å². The maximum Gasteiger partial charge on any atom is 0.193 e. The Morgan fingerprint density at radius 1 is 1.00 bits per heavy atom. The van der Waals surface area contributed by atoms with Gasteiger partial charge in [-0.15, -0.1) is 0 Å². The zero-order valence-corrected chi connectivity index (χ0v) is 10.6. The summed E-state index contributed by atoms with van der Waals surface area (Å²) in [4.78, 5) is 12.3. The van der Waals surface area contributed by atoms with Gasteiger partial charge in [-0.25, -0.2) is 4.39 Å². The van der Waals surface area contributed by atoms with E-state index >= 15 is 0 Å². The summed E-state index contributed by atoms with van der Waals surface area (Å²) in [7, 11) is 0.